The molecule has 2 aromatic carbocycles. The van der Waals surface area contributed by atoms with Gasteiger partial charge in [0.15, 0.2) is 0 Å². The van der Waals surface area contributed by atoms with E-state index in [2.05, 4.69) is 26.4 Å². The van der Waals surface area contributed by atoms with Gasteiger partial charge in [0.05, 0.1) is 5.69 Å². The lowest BCUT2D eigenvalue weighted by atomic mass is 10.0. The summed E-state index contributed by atoms with van der Waals surface area (Å²) in [4.78, 5) is 12.5. The number of hydrogen-bond acceptors (Lipinski definition) is 3. The second-order valence-corrected chi connectivity index (χ2v) is 6.08. The number of carbonyl (C=O) groups is 1. The predicted octanol–water partition coefficient (Wildman–Crippen LogP) is 5.08. The third-order valence-corrected chi connectivity index (χ3v) is 3.95. The van der Waals surface area contributed by atoms with Crippen LogP contribution < -0.4 is 5.32 Å². The van der Waals surface area contributed by atoms with Crippen LogP contribution in [0.15, 0.2) is 45.4 Å². The van der Waals surface area contributed by atoms with E-state index in [9.17, 15) is 18.0 Å². The van der Waals surface area contributed by atoms with E-state index < -0.39 is 23.4 Å². The monoisotopic (exact) mass is 410 g/mol. The molecule has 4 nitrogen and oxygen atoms in total. The van der Waals surface area contributed by atoms with Gasteiger partial charge >= 0.3 is 0 Å². The molecule has 0 radical (unpaired) electrons. The molecule has 3 rings (SSSR count). The summed E-state index contributed by atoms with van der Waals surface area (Å²) in [6.45, 7) is 1.46. The highest BCUT2D eigenvalue weighted by Crippen LogP contribution is 2.29. The van der Waals surface area contributed by atoms with Crippen LogP contribution in [0.3, 0.4) is 0 Å². The van der Waals surface area contributed by atoms with E-state index >= 15 is 0 Å². The van der Waals surface area contributed by atoms with Crippen molar-refractivity contribution in [3.63, 3.8) is 0 Å². The van der Waals surface area contributed by atoms with Gasteiger partial charge < -0.3 is 9.84 Å². The minimum absolute atomic E-state index is 0.0562. The molecule has 128 valence electrons. The van der Waals surface area contributed by atoms with Crippen molar-refractivity contribution in [2.75, 3.05) is 5.32 Å². The molecule has 1 aromatic heterocycles. The van der Waals surface area contributed by atoms with Crippen LogP contribution >= 0.6 is 15.9 Å². The number of nitrogens with one attached hydrogen (secondary N) is 1. The fraction of sp³-hybridized carbons (Fsp3) is 0.0588. The minimum atomic E-state index is -0.892. The number of nitrogens with zero attached hydrogens (tertiary/aromatic N) is 1. The van der Waals surface area contributed by atoms with Crippen molar-refractivity contribution in [3.05, 3.63) is 69.6 Å². The van der Waals surface area contributed by atoms with E-state index in [-0.39, 0.29) is 28.3 Å². The molecule has 0 unspecified atom stereocenters. The Hall–Kier alpha value is -2.61. The highest BCUT2D eigenvalue weighted by Gasteiger charge is 2.24. The highest BCUT2D eigenvalue weighted by atomic mass is 79.9. The summed E-state index contributed by atoms with van der Waals surface area (Å²) in [6.07, 6.45) is 0. The third kappa shape index (κ3) is 3.43. The van der Waals surface area contributed by atoms with Crippen LogP contribution in [0.4, 0.5) is 18.9 Å². The summed E-state index contributed by atoms with van der Waals surface area (Å²) in [5, 5.41) is 6.07. The van der Waals surface area contributed by atoms with Crippen molar-refractivity contribution in [3.8, 4) is 11.3 Å². The molecular formula is C17H10BrF3N2O2. The topological polar surface area (TPSA) is 55.1 Å². The Morgan fingerprint density at radius 1 is 1.12 bits per heavy atom. The standard InChI is InChI=1S/C17H10BrF3N2O2/c1-8-15(17(24)22-14-5-2-9(18)6-13(14)21)16(23-25-8)11-4-3-10(19)7-12(11)20/h2-7H,1H3,(H,22,24). The van der Waals surface area contributed by atoms with Crippen LogP contribution in [0.25, 0.3) is 11.3 Å². The molecule has 25 heavy (non-hydrogen) atoms. The maximum absolute atomic E-state index is 14.0. The minimum Gasteiger partial charge on any atom is -0.360 e. The molecular weight excluding hydrogens is 401 g/mol. The molecule has 0 bridgehead atoms. The quantitative estimate of drug-likeness (QED) is 0.654. The van der Waals surface area contributed by atoms with E-state index in [4.69, 9.17) is 4.52 Å². The molecule has 0 spiro atoms. The number of amides is 1. The molecule has 0 aliphatic carbocycles. The average Bonchev–Trinajstić information content (AvgIpc) is 2.91. The average molecular weight is 411 g/mol. The number of aromatic nitrogens is 1. The van der Waals surface area contributed by atoms with Gasteiger partial charge in [-0.3, -0.25) is 4.79 Å². The second kappa shape index (κ2) is 6.72. The molecule has 0 saturated heterocycles. The molecule has 1 amide bonds. The molecule has 0 fully saturated rings. The van der Waals surface area contributed by atoms with Crippen molar-refractivity contribution in [2.24, 2.45) is 0 Å². The lowest BCUT2D eigenvalue weighted by Gasteiger charge is -2.07. The lowest BCUT2D eigenvalue weighted by Crippen LogP contribution is -2.14. The molecule has 0 aliphatic heterocycles. The first kappa shape index (κ1) is 17.2. The Kier molecular flexibility index (Phi) is 4.63. The number of benzene rings is 2. The smallest absolute Gasteiger partial charge is 0.261 e. The zero-order valence-electron chi connectivity index (χ0n) is 12.7. The molecule has 8 heteroatoms. The van der Waals surface area contributed by atoms with E-state index in [1.165, 1.54) is 19.1 Å². The van der Waals surface area contributed by atoms with Crippen LogP contribution in [0.1, 0.15) is 16.1 Å². The Bertz CT molecular complexity index is 973. The first-order chi connectivity index (χ1) is 11.9. The molecule has 1 N–H and O–H groups in total. The number of aryl methyl sites for hydroxylation is 1. The first-order valence-corrected chi connectivity index (χ1v) is 7.84. The SMILES string of the molecule is Cc1onc(-c2ccc(F)cc2F)c1C(=O)Nc1ccc(Br)cc1F. The highest BCUT2D eigenvalue weighted by molar-refractivity contribution is 9.10. The van der Waals surface area contributed by atoms with Gasteiger partial charge in [0, 0.05) is 16.1 Å². The summed E-state index contributed by atoms with van der Waals surface area (Å²) >= 11 is 3.12. The second-order valence-electron chi connectivity index (χ2n) is 5.16. The zero-order valence-corrected chi connectivity index (χ0v) is 14.3. The van der Waals surface area contributed by atoms with Crippen molar-refractivity contribution < 1.29 is 22.5 Å². The number of halogens is 4. The van der Waals surface area contributed by atoms with Gasteiger partial charge in [0.2, 0.25) is 0 Å². The largest absolute Gasteiger partial charge is 0.360 e. The van der Waals surface area contributed by atoms with Crippen molar-refractivity contribution in [1.29, 1.82) is 0 Å². The molecule has 0 aliphatic rings. The van der Waals surface area contributed by atoms with Gasteiger partial charge in [-0.1, -0.05) is 21.1 Å². The molecule has 0 saturated carbocycles. The molecule has 3 aromatic rings. The Morgan fingerprint density at radius 2 is 1.88 bits per heavy atom. The number of rotatable bonds is 3. The summed E-state index contributed by atoms with van der Waals surface area (Å²) < 4.78 is 46.5. The van der Waals surface area contributed by atoms with Crippen LogP contribution in [-0.4, -0.2) is 11.1 Å². The number of carbonyl (C=O) groups excluding carboxylic acids is 1. The van der Waals surface area contributed by atoms with Gasteiger partial charge in [-0.05, 0) is 37.3 Å². The van der Waals surface area contributed by atoms with Crippen molar-refractivity contribution in [2.45, 2.75) is 6.92 Å². The van der Waals surface area contributed by atoms with Crippen molar-refractivity contribution in [1.82, 2.24) is 5.16 Å². The Labute approximate surface area is 148 Å². The van der Waals surface area contributed by atoms with E-state index in [1.807, 2.05) is 0 Å². The van der Waals surface area contributed by atoms with Gasteiger partial charge in [-0.15, -0.1) is 0 Å². The Morgan fingerprint density at radius 3 is 2.56 bits per heavy atom. The summed E-state index contributed by atoms with van der Waals surface area (Å²) in [5.41, 5.74) is -0.308. The van der Waals surface area contributed by atoms with E-state index in [0.29, 0.717) is 10.5 Å². The van der Waals surface area contributed by atoms with Gasteiger partial charge in [0.1, 0.15) is 34.5 Å². The van der Waals surface area contributed by atoms with Gasteiger partial charge in [-0.25, -0.2) is 13.2 Å². The lowest BCUT2D eigenvalue weighted by molar-refractivity contribution is 0.102. The van der Waals surface area contributed by atoms with E-state index in [0.717, 1.165) is 12.1 Å². The Balaban J connectivity index is 2.00. The third-order valence-electron chi connectivity index (χ3n) is 3.46. The molecule has 1 heterocycles. The fourth-order valence-corrected chi connectivity index (χ4v) is 2.61. The summed E-state index contributed by atoms with van der Waals surface area (Å²) in [7, 11) is 0. The normalized spacial score (nSPS) is 10.8. The predicted molar refractivity (Wildman–Crippen MR) is 88.6 cm³/mol. The van der Waals surface area contributed by atoms with Crippen LogP contribution in [0.2, 0.25) is 0 Å². The summed E-state index contributed by atoms with van der Waals surface area (Å²) in [5.74, 6) is -2.90. The maximum Gasteiger partial charge on any atom is 0.261 e. The number of anilines is 1. The van der Waals surface area contributed by atoms with E-state index in [1.54, 1.807) is 6.07 Å². The van der Waals surface area contributed by atoms with Gasteiger partial charge in [0.25, 0.3) is 5.91 Å². The van der Waals surface area contributed by atoms with Crippen LogP contribution in [0.5, 0.6) is 0 Å². The van der Waals surface area contributed by atoms with Gasteiger partial charge in [-0.2, -0.15) is 0 Å². The maximum atomic E-state index is 14.0. The number of hydrogen-bond donors (Lipinski definition) is 1. The first-order valence-electron chi connectivity index (χ1n) is 7.05. The summed E-state index contributed by atoms with van der Waals surface area (Å²) in [6, 6.07) is 6.99. The fourth-order valence-electron chi connectivity index (χ4n) is 2.28. The van der Waals surface area contributed by atoms with Crippen LogP contribution in [0, 0.1) is 24.4 Å². The van der Waals surface area contributed by atoms with Crippen LogP contribution in [-0.2, 0) is 0 Å². The molecule has 0 atom stereocenters. The zero-order chi connectivity index (χ0) is 18.1. The van der Waals surface area contributed by atoms with Crippen molar-refractivity contribution >= 4 is 27.5 Å².